The van der Waals surface area contributed by atoms with Crippen LogP contribution in [0.5, 0.6) is 0 Å². The first-order valence-corrected chi connectivity index (χ1v) is 8.02. The van der Waals surface area contributed by atoms with E-state index < -0.39 is 39.6 Å². The Morgan fingerprint density at radius 1 is 0.909 bits per heavy atom. The van der Waals surface area contributed by atoms with E-state index in [1.807, 2.05) is 0 Å². The third kappa shape index (κ3) is 1.21. The predicted molar refractivity (Wildman–Crippen MR) is 78.3 cm³/mol. The van der Waals surface area contributed by atoms with Gasteiger partial charge in [-0.1, -0.05) is 23.2 Å². The zero-order chi connectivity index (χ0) is 16.2. The molecule has 0 aromatic rings. The number of halogens is 4. The van der Waals surface area contributed by atoms with Gasteiger partial charge in [-0.15, -0.1) is 23.2 Å². The molecule has 0 N–H and O–H groups in total. The van der Waals surface area contributed by atoms with Crippen LogP contribution in [0.1, 0.15) is 0 Å². The summed E-state index contributed by atoms with van der Waals surface area (Å²) in [5.74, 6) is -4.41. The lowest BCUT2D eigenvalue weighted by Crippen LogP contribution is -2.58. The number of ether oxygens (including phenoxy) is 3. The molecule has 120 valence electrons. The minimum atomic E-state index is -1.73. The maximum Gasteiger partial charge on any atom is 0.218 e. The molecule has 2 saturated carbocycles. The van der Waals surface area contributed by atoms with Gasteiger partial charge >= 0.3 is 0 Å². The van der Waals surface area contributed by atoms with Crippen LogP contribution in [-0.4, -0.2) is 53.5 Å². The van der Waals surface area contributed by atoms with Gasteiger partial charge in [-0.05, 0) is 0 Å². The van der Waals surface area contributed by atoms with E-state index in [1.165, 1.54) is 14.2 Å². The number of hydrogen-bond donors (Lipinski definition) is 0. The number of carbonyl (C=O) groups is 2. The molecule has 4 aliphatic rings. The van der Waals surface area contributed by atoms with Gasteiger partial charge in [-0.2, -0.15) is 0 Å². The van der Waals surface area contributed by atoms with E-state index in [4.69, 9.17) is 60.6 Å². The van der Waals surface area contributed by atoms with Gasteiger partial charge in [0.15, 0.2) is 23.8 Å². The lowest BCUT2D eigenvalue weighted by atomic mass is 9.71. The topological polar surface area (TPSA) is 65.1 Å². The molecule has 1 saturated heterocycles. The number of Topliss-reactive ketones (excluding diaryl/α,β-unsaturated/α-hetero) is 2. The maximum absolute atomic E-state index is 12.6. The molecule has 9 heteroatoms. The van der Waals surface area contributed by atoms with Crippen molar-refractivity contribution in [2.24, 2.45) is 11.8 Å². The summed E-state index contributed by atoms with van der Waals surface area (Å²) in [5.41, 5.74) is 0. The average Bonchev–Trinajstić information content (AvgIpc) is 3.25. The minimum Gasteiger partial charge on any atom is -0.353 e. The van der Waals surface area contributed by atoms with E-state index in [1.54, 1.807) is 0 Å². The molecule has 22 heavy (non-hydrogen) atoms. The van der Waals surface area contributed by atoms with Crippen molar-refractivity contribution >= 4 is 58.0 Å². The fourth-order valence-corrected chi connectivity index (χ4v) is 6.50. The molecule has 0 unspecified atom stereocenters. The summed E-state index contributed by atoms with van der Waals surface area (Å²) in [6.45, 7) is 0. The van der Waals surface area contributed by atoms with Crippen molar-refractivity contribution in [1.29, 1.82) is 0 Å². The highest BCUT2D eigenvalue weighted by molar-refractivity contribution is 6.53. The Kier molecular flexibility index (Phi) is 2.98. The van der Waals surface area contributed by atoms with Crippen molar-refractivity contribution < 1.29 is 23.8 Å². The largest absolute Gasteiger partial charge is 0.353 e. The van der Waals surface area contributed by atoms with Gasteiger partial charge in [0.1, 0.15) is 9.75 Å². The van der Waals surface area contributed by atoms with Crippen LogP contribution in [0.4, 0.5) is 0 Å². The van der Waals surface area contributed by atoms with E-state index in [0.717, 1.165) is 0 Å². The number of ketones is 2. The Morgan fingerprint density at radius 2 is 1.27 bits per heavy atom. The summed E-state index contributed by atoms with van der Waals surface area (Å²) in [7, 11) is 2.64. The third-order valence-electron chi connectivity index (χ3n) is 5.22. The minimum absolute atomic E-state index is 0.0315. The molecule has 0 radical (unpaired) electrons. The van der Waals surface area contributed by atoms with E-state index in [-0.39, 0.29) is 21.6 Å². The van der Waals surface area contributed by atoms with E-state index in [9.17, 15) is 9.59 Å². The first-order valence-electron chi connectivity index (χ1n) is 6.51. The highest BCUT2D eigenvalue weighted by atomic mass is 35.5. The quantitative estimate of drug-likeness (QED) is 0.410. The lowest BCUT2D eigenvalue weighted by Gasteiger charge is -2.41. The second-order valence-electron chi connectivity index (χ2n) is 5.81. The standard InChI is InChI=1S/C13H10Cl4O5/c1-20-13(21-2)11(16)3-4(12(13,17)10(15)9(11)14)6(19)8-7(22-8)5(3)18/h3-4,7-8H,1-2H3/t3-,4+,7-,8-,11-,12+/m1/s1. The Labute approximate surface area is 145 Å². The Bertz CT molecular complexity index is 609. The summed E-state index contributed by atoms with van der Waals surface area (Å²) in [4.78, 5) is 21.9. The van der Waals surface area contributed by atoms with E-state index in [2.05, 4.69) is 0 Å². The fourth-order valence-electron chi connectivity index (χ4n) is 4.31. The Morgan fingerprint density at radius 3 is 1.59 bits per heavy atom. The normalized spacial score (nSPS) is 51.2. The molecule has 5 nitrogen and oxygen atoms in total. The fraction of sp³-hybridized carbons (Fsp3) is 0.692. The number of carbonyl (C=O) groups excluding carboxylic acids is 2. The number of rotatable bonds is 2. The molecule has 0 spiro atoms. The smallest absolute Gasteiger partial charge is 0.218 e. The first kappa shape index (κ1) is 15.6. The first-order chi connectivity index (χ1) is 10.2. The van der Waals surface area contributed by atoms with Crippen molar-refractivity contribution in [2.75, 3.05) is 14.2 Å². The molecule has 3 fully saturated rings. The van der Waals surface area contributed by atoms with Crippen LogP contribution in [0.3, 0.4) is 0 Å². The van der Waals surface area contributed by atoms with Crippen LogP contribution in [0.25, 0.3) is 0 Å². The number of fused-ring (bicyclic) bond motifs is 6. The van der Waals surface area contributed by atoms with Crippen LogP contribution in [0.2, 0.25) is 0 Å². The molecular formula is C13H10Cl4O5. The maximum atomic E-state index is 12.6. The number of alkyl halides is 2. The summed E-state index contributed by atoms with van der Waals surface area (Å²) >= 11 is 26.1. The molecule has 4 rings (SSSR count). The van der Waals surface area contributed by atoms with Gasteiger partial charge in [-0.25, -0.2) is 0 Å². The summed E-state index contributed by atoms with van der Waals surface area (Å²) < 4.78 is 16.1. The molecule has 6 atom stereocenters. The van der Waals surface area contributed by atoms with E-state index >= 15 is 0 Å². The SMILES string of the molecule is COC1(OC)[C@@]2(Cl)C(Cl)=C(Cl)[C@]1(Cl)[C@H]1C(=O)[C@H]3O[C@@H]3C(=O)[C@H]12. The van der Waals surface area contributed by atoms with Crippen molar-refractivity contribution in [1.82, 2.24) is 0 Å². The van der Waals surface area contributed by atoms with Crippen molar-refractivity contribution in [3.05, 3.63) is 10.1 Å². The number of epoxide rings is 1. The number of methoxy groups -OCH3 is 2. The van der Waals surface area contributed by atoms with Crippen LogP contribution >= 0.6 is 46.4 Å². The molecule has 0 amide bonds. The molecule has 2 bridgehead atoms. The van der Waals surface area contributed by atoms with Gasteiger partial charge in [0.25, 0.3) is 0 Å². The van der Waals surface area contributed by atoms with Gasteiger partial charge in [-0.3, -0.25) is 9.59 Å². The predicted octanol–water partition coefficient (Wildman–Crippen LogP) is 1.80. The summed E-state index contributed by atoms with van der Waals surface area (Å²) in [5, 5.41) is -0.0629. The van der Waals surface area contributed by atoms with Crippen molar-refractivity contribution in [3.8, 4) is 0 Å². The monoisotopic (exact) mass is 386 g/mol. The van der Waals surface area contributed by atoms with Crippen LogP contribution in [-0.2, 0) is 23.8 Å². The molecule has 3 aliphatic carbocycles. The molecule has 0 aromatic heterocycles. The van der Waals surface area contributed by atoms with Gasteiger partial charge in [0.2, 0.25) is 5.79 Å². The summed E-state index contributed by atoms with van der Waals surface area (Å²) in [6.07, 6.45) is -1.59. The molecule has 1 heterocycles. The number of hydrogen-bond acceptors (Lipinski definition) is 5. The van der Waals surface area contributed by atoms with Crippen LogP contribution < -0.4 is 0 Å². The van der Waals surface area contributed by atoms with Gasteiger partial charge in [0, 0.05) is 14.2 Å². The Balaban J connectivity index is 2.04. The van der Waals surface area contributed by atoms with E-state index in [0.29, 0.717) is 0 Å². The van der Waals surface area contributed by atoms with Crippen molar-refractivity contribution in [3.63, 3.8) is 0 Å². The zero-order valence-electron chi connectivity index (χ0n) is 11.4. The van der Waals surface area contributed by atoms with Gasteiger partial charge < -0.3 is 14.2 Å². The second kappa shape index (κ2) is 4.20. The highest BCUT2D eigenvalue weighted by Gasteiger charge is 2.89. The lowest BCUT2D eigenvalue weighted by molar-refractivity contribution is -0.220. The molecule has 1 aliphatic heterocycles. The summed E-state index contributed by atoms with van der Waals surface area (Å²) in [6, 6.07) is 0. The molecule has 0 aromatic carbocycles. The second-order valence-corrected chi connectivity index (χ2v) is 7.76. The Hall–Kier alpha value is 0.120. The third-order valence-corrected chi connectivity index (χ3v) is 7.83. The van der Waals surface area contributed by atoms with Crippen LogP contribution in [0.15, 0.2) is 10.1 Å². The van der Waals surface area contributed by atoms with Gasteiger partial charge in [0.05, 0.1) is 21.9 Å². The zero-order valence-corrected chi connectivity index (χ0v) is 14.4. The van der Waals surface area contributed by atoms with Crippen LogP contribution in [0, 0.1) is 11.8 Å². The highest BCUT2D eigenvalue weighted by Crippen LogP contribution is 2.75. The molecular weight excluding hydrogens is 378 g/mol. The average molecular weight is 388 g/mol. The van der Waals surface area contributed by atoms with Crippen molar-refractivity contribution in [2.45, 2.75) is 27.7 Å².